The highest BCUT2D eigenvalue weighted by atomic mass is 15.3. The average molecular weight is 325 g/mol. The van der Waals surface area contributed by atoms with Crippen molar-refractivity contribution < 1.29 is 0 Å². The van der Waals surface area contributed by atoms with E-state index in [4.69, 9.17) is 5.10 Å². The van der Waals surface area contributed by atoms with Crippen LogP contribution in [0.3, 0.4) is 0 Å². The molecule has 1 aliphatic rings. The van der Waals surface area contributed by atoms with Crippen molar-refractivity contribution in [3.8, 4) is 11.5 Å². The third kappa shape index (κ3) is 2.65. The molecule has 0 saturated carbocycles. The van der Waals surface area contributed by atoms with Gasteiger partial charge in [-0.25, -0.2) is 4.98 Å². The van der Waals surface area contributed by atoms with Gasteiger partial charge in [0.25, 0.3) is 0 Å². The molecule has 0 amide bonds. The number of hydrogen-bond donors (Lipinski definition) is 1. The summed E-state index contributed by atoms with van der Waals surface area (Å²) in [5.74, 6) is 0.922. The molecule has 0 fully saturated rings. The zero-order valence-corrected chi connectivity index (χ0v) is 14.4. The van der Waals surface area contributed by atoms with Crippen LogP contribution in [0.15, 0.2) is 24.5 Å². The molecular weight excluding hydrogens is 302 g/mol. The molecule has 24 heavy (non-hydrogen) atoms. The van der Waals surface area contributed by atoms with E-state index in [1.807, 2.05) is 19.3 Å². The van der Waals surface area contributed by atoms with E-state index in [2.05, 4.69) is 55.3 Å². The maximum Gasteiger partial charge on any atom is 0.160 e. The Kier molecular flexibility index (Phi) is 3.72. The predicted octanol–water partition coefficient (Wildman–Crippen LogP) is 1.92. The van der Waals surface area contributed by atoms with Crippen molar-refractivity contribution in [2.45, 2.75) is 46.4 Å². The Balaban J connectivity index is 1.62. The summed E-state index contributed by atoms with van der Waals surface area (Å²) >= 11 is 0. The highest BCUT2D eigenvalue weighted by Crippen LogP contribution is 2.23. The van der Waals surface area contributed by atoms with Gasteiger partial charge >= 0.3 is 0 Å². The maximum absolute atomic E-state index is 4.74. The van der Waals surface area contributed by atoms with E-state index in [0.717, 1.165) is 43.4 Å². The quantitative estimate of drug-likeness (QED) is 0.796. The number of hydrogen-bond acceptors (Lipinski definition) is 4. The molecular formula is C17H23N7. The highest BCUT2D eigenvalue weighted by Gasteiger charge is 2.18. The summed E-state index contributed by atoms with van der Waals surface area (Å²) in [6.07, 6.45) is 3.88. The van der Waals surface area contributed by atoms with Gasteiger partial charge in [-0.3, -0.25) is 9.36 Å². The summed E-state index contributed by atoms with van der Waals surface area (Å²) in [4.78, 5) is 4.56. The van der Waals surface area contributed by atoms with Crippen molar-refractivity contribution in [3.63, 3.8) is 0 Å². The second-order valence-electron chi connectivity index (χ2n) is 6.54. The van der Waals surface area contributed by atoms with Crippen LogP contribution >= 0.6 is 0 Å². The molecule has 0 aliphatic carbocycles. The van der Waals surface area contributed by atoms with Gasteiger partial charge in [-0.2, -0.15) is 10.2 Å². The van der Waals surface area contributed by atoms with Crippen molar-refractivity contribution in [2.75, 3.05) is 6.54 Å². The van der Waals surface area contributed by atoms with Crippen molar-refractivity contribution >= 4 is 0 Å². The van der Waals surface area contributed by atoms with Gasteiger partial charge in [0.1, 0.15) is 5.69 Å². The molecule has 0 bridgehead atoms. The lowest BCUT2D eigenvalue weighted by molar-refractivity contribution is 0.432. The van der Waals surface area contributed by atoms with E-state index < -0.39 is 0 Å². The predicted molar refractivity (Wildman–Crippen MR) is 91.6 cm³/mol. The molecule has 1 N–H and O–H groups in total. The van der Waals surface area contributed by atoms with E-state index in [1.165, 1.54) is 11.4 Å². The lowest BCUT2D eigenvalue weighted by Gasteiger charge is -2.16. The van der Waals surface area contributed by atoms with Gasteiger partial charge in [0.05, 0.1) is 30.5 Å². The minimum atomic E-state index is 0.248. The number of nitrogens with zero attached hydrogens (tertiary/aromatic N) is 6. The fraction of sp³-hybridized carbons (Fsp3) is 0.471. The third-order valence-corrected chi connectivity index (χ3v) is 4.58. The molecule has 1 aliphatic heterocycles. The average Bonchev–Trinajstić information content (AvgIpc) is 3.25. The second-order valence-corrected chi connectivity index (χ2v) is 6.54. The monoisotopic (exact) mass is 325 g/mol. The standard InChI is InChI=1S/C17H23N7/c1-12-8-13(2)24(20-12)11-14(3)22-6-5-19-17(22)16-9-15-10-18-4-7-23(15)21-16/h5-6,8-9,14,18H,4,7,10-11H2,1-3H3/t14-/m1/s1. The minimum absolute atomic E-state index is 0.248. The fourth-order valence-electron chi connectivity index (χ4n) is 3.37. The van der Waals surface area contributed by atoms with Crippen LogP contribution in [0.2, 0.25) is 0 Å². The molecule has 0 unspecified atom stereocenters. The van der Waals surface area contributed by atoms with Crippen LogP contribution in [0.4, 0.5) is 0 Å². The summed E-state index contributed by atoms with van der Waals surface area (Å²) in [5, 5.41) is 12.7. The van der Waals surface area contributed by atoms with E-state index in [-0.39, 0.29) is 6.04 Å². The van der Waals surface area contributed by atoms with Crippen molar-refractivity contribution in [2.24, 2.45) is 0 Å². The van der Waals surface area contributed by atoms with E-state index >= 15 is 0 Å². The number of fused-ring (bicyclic) bond motifs is 1. The Morgan fingerprint density at radius 3 is 2.88 bits per heavy atom. The van der Waals surface area contributed by atoms with Crippen LogP contribution in [0.5, 0.6) is 0 Å². The number of imidazole rings is 1. The highest BCUT2D eigenvalue weighted by molar-refractivity contribution is 5.50. The molecule has 3 aromatic rings. The molecule has 0 aromatic carbocycles. The zero-order chi connectivity index (χ0) is 16.7. The smallest absolute Gasteiger partial charge is 0.160 e. The summed E-state index contributed by atoms with van der Waals surface area (Å²) in [6.45, 7) is 9.89. The van der Waals surface area contributed by atoms with Gasteiger partial charge in [0.2, 0.25) is 0 Å². The molecule has 0 saturated heterocycles. The molecule has 0 radical (unpaired) electrons. The topological polar surface area (TPSA) is 65.5 Å². The molecule has 7 heteroatoms. The third-order valence-electron chi connectivity index (χ3n) is 4.58. The van der Waals surface area contributed by atoms with Gasteiger partial charge in [0, 0.05) is 31.2 Å². The summed E-state index contributed by atoms with van der Waals surface area (Å²) < 4.78 is 6.33. The summed E-state index contributed by atoms with van der Waals surface area (Å²) in [5.41, 5.74) is 4.40. The van der Waals surface area contributed by atoms with Crippen LogP contribution in [0.25, 0.3) is 11.5 Å². The Morgan fingerprint density at radius 1 is 1.25 bits per heavy atom. The van der Waals surface area contributed by atoms with Crippen LogP contribution in [0, 0.1) is 13.8 Å². The zero-order valence-electron chi connectivity index (χ0n) is 14.4. The van der Waals surface area contributed by atoms with Gasteiger partial charge in [-0.05, 0) is 32.9 Å². The Morgan fingerprint density at radius 2 is 2.12 bits per heavy atom. The number of aryl methyl sites for hydroxylation is 2. The molecule has 3 aromatic heterocycles. The first kappa shape index (κ1) is 15.1. The molecule has 126 valence electrons. The van der Waals surface area contributed by atoms with E-state index in [9.17, 15) is 0 Å². The van der Waals surface area contributed by atoms with Crippen LogP contribution in [-0.4, -0.2) is 35.7 Å². The number of aromatic nitrogens is 6. The van der Waals surface area contributed by atoms with Gasteiger partial charge in [0.15, 0.2) is 5.82 Å². The molecule has 7 nitrogen and oxygen atoms in total. The molecule has 1 atom stereocenters. The first-order valence-corrected chi connectivity index (χ1v) is 8.43. The Hall–Kier alpha value is -2.41. The summed E-state index contributed by atoms with van der Waals surface area (Å²) in [6, 6.07) is 4.50. The van der Waals surface area contributed by atoms with Gasteiger partial charge in [-0.1, -0.05) is 0 Å². The van der Waals surface area contributed by atoms with Crippen LogP contribution in [0.1, 0.15) is 30.0 Å². The lowest BCUT2D eigenvalue weighted by atomic mass is 10.2. The molecule has 4 heterocycles. The normalized spacial score (nSPS) is 15.5. The molecule has 4 rings (SSSR count). The SMILES string of the molecule is Cc1cc(C)n(C[C@@H](C)n2ccnc2-c2cc3n(n2)CCNC3)n1. The Labute approximate surface area is 141 Å². The van der Waals surface area contributed by atoms with Crippen molar-refractivity contribution in [1.29, 1.82) is 0 Å². The lowest BCUT2D eigenvalue weighted by Crippen LogP contribution is -2.28. The first-order valence-electron chi connectivity index (χ1n) is 8.43. The molecule has 0 spiro atoms. The van der Waals surface area contributed by atoms with Gasteiger partial charge in [-0.15, -0.1) is 0 Å². The maximum atomic E-state index is 4.74. The van der Waals surface area contributed by atoms with Crippen LogP contribution < -0.4 is 5.32 Å². The van der Waals surface area contributed by atoms with E-state index in [1.54, 1.807) is 0 Å². The van der Waals surface area contributed by atoms with E-state index in [0.29, 0.717) is 0 Å². The number of nitrogens with one attached hydrogen (secondary N) is 1. The first-order chi connectivity index (χ1) is 11.6. The number of rotatable bonds is 4. The van der Waals surface area contributed by atoms with Gasteiger partial charge < -0.3 is 9.88 Å². The second kappa shape index (κ2) is 5.90. The minimum Gasteiger partial charge on any atom is -0.325 e. The van der Waals surface area contributed by atoms with Crippen molar-refractivity contribution in [3.05, 3.63) is 41.6 Å². The largest absolute Gasteiger partial charge is 0.325 e. The Bertz CT molecular complexity index is 831. The van der Waals surface area contributed by atoms with Crippen molar-refractivity contribution in [1.82, 2.24) is 34.4 Å². The summed E-state index contributed by atoms with van der Waals surface area (Å²) in [7, 11) is 0. The fourth-order valence-corrected chi connectivity index (χ4v) is 3.37. The van der Waals surface area contributed by atoms with Crippen LogP contribution in [-0.2, 0) is 19.6 Å².